The van der Waals surface area contributed by atoms with Crippen LogP contribution in [0.5, 0.6) is 11.5 Å². The maximum absolute atomic E-state index is 12.2. The maximum Gasteiger partial charge on any atom is 0.306 e. The highest BCUT2D eigenvalue weighted by Gasteiger charge is 2.45. The van der Waals surface area contributed by atoms with Crippen molar-refractivity contribution in [1.82, 2.24) is 0 Å². The lowest BCUT2D eigenvalue weighted by Gasteiger charge is -2.39. The Bertz CT molecular complexity index is 1030. The number of furan rings is 1. The molecule has 0 amide bonds. The summed E-state index contributed by atoms with van der Waals surface area (Å²) in [5.74, 6) is 0.430. The Morgan fingerprint density at radius 1 is 1.05 bits per heavy atom. The second-order valence-electron chi connectivity index (χ2n) is 9.81. The van der Waals surface area contributed by atoms with Gasteiger partial charge in [-0.1, -0.05) is 13.8 Å². The van der Waals surface area contributed by atoms with Gasteiger partial charge in [0, 0.05) is 24.0 Å². The monoisotopic (exact) mass is 540 g/mol. The van der Waals surface area contributed by atoms with Crippen LogP contribution >= 0.6 is 0 Å². The molecule has 0 spiro atoms. The van der Waals surface area contributed by atoms with Crippen molar-refractivity contribution in [2.24, 2.45) is 5.92 Å². The summed E-state index contributed by atoms with van der Waals surface area (Å²) < 4.78 is 28.7. The van der Waals surface area contributed by atoms with Crippen LogP contribution < -0.4 is 9.47 Å². The molecule has 1 aliphatic rings. The Kier molecular flexibility index (Phi) is 11.2. The zero-order valence-corrected chi connectivity index (χ0v) is 22.2. The minimum Gasteiger partial charge on any atom is -0.486 e. The predicted molar refractivity (Wildman–Crippen MR) is 136 cm³/mol. The number of fused-ring (bicyclic) bond motifs is 1. The number of benzene rings is 1. The first kappa shape index (κ1) is 30.1. The molecule has 5 atom stereocenters. The van der Waals surface area contributed by atoms with Crippen molar-refractivity contribution in [3.05, 3.63) is 23.5 Å². The molecule has 214 valence electrons. The average molecular weight is 541 g/mol. The SMILES string of the molecule is CCOC(=O)CCc1cc2c(CCO)coc2c(OCCCC(C)C)c1OC1OC(CO)C(O)C(O)C1O. The number of aliphatic hydroxyl groups is 5. The van der Waals surface area contributed by atoms with Crippen molar-refractivity contribution in [2.45, 2.75) is 83.6 Å². The van der Waals surface area contributed by atoms with Gasteiger partial charge in [-0.15, -0.1) is 0 Å². The Labute approximate surface area is 221 Å². The zero-order valence-electron chi connectivity index (χ0n) is 22.2. The van der Waals surface area contributed by atoms with E-state index in [1.807, 2.05) is 0 Å². The van der Waals surface area contributed by atoms with Crippen LogP contribution in [0, 0.1) is 5.92 Å². The van der Waals surface area contributed by atoms with Crippen molar-refractivity contribution in [2.75, 3.05) is 26.4 Å². The van der Waals surface area contributed by atoms with Gasteiger partial charge in [0.2, 0.25) is 12.0 Å². The molecule has 1 saturated heterocycles. The lowest BCUT2D eigenvalue weighted by Crippen LogP contribution is -2.60. The number of esters is 1. The van der Waals surface area contributed by atoms with Gasteiger partial charge in [0.1, 0.15) is 24.4 Å². The molecule has 0 saturated carbocycles. The molecule has 5 unspecified atom stereocenters. The van der Waals surface area contributed by atoms with Crippen molar-refractivity contribution in [1.29, 1.82) is 0 Å². The fraction of sp³-hybridized carbons (Fsp3) is 0.667. The number of aliphatic hydroxyl groups excluding tert-OH is 5. The Morgan fingerprint density at radius 2 is 1.82 bits per heavy atom. The summed E-state index contributed by atoms with van der Waals surface area (Å²) in [4.78, 5) is 12.2. The standard InChI is InChI=1S/C27H40O11/c1-4-34-20(30)8-7-16-12-18-17(9-10-28)14-36-25(18)26(35-11-5-6-15(2)3)24(16)38-27-23(33)22(32)21(31)19(13-29)37-27/h12,14-15,19,21-23,27-29,31-33H,4-11,13H2,1-3H3. The van der Waals surface area contributed by atoms with E-state index in [0.29, 0.717) is 35.5 Å². The van der Waals surface area contributed by atoms with E-state index in [-0.39, 0.29) is 37.6 Å². The molecule has 1 fully saturated rings. The summed E-state index contributed by atoms with van der Waals surface area (Å²) in [6.45, 7) is 5.79. The zero-order chi connectivity index (χ0) is 27.8. The van der Waals surface area contributed by atoms with Crippen LogP contribution in [0.1, 0.15) is 51.2 Å². The minimum atomic E-state index is -1.64. The van der Waals surface area contributed by atoms with Gasteiger partial charge < -0.3 is 48.9 Å². The molecule has 3 rings (SSSR count). The molecule has 11 heteroatoms. The minimum absolute atomic E-state index is 0.0321. The Balaban J connectivity index is 2.06. The fourth-order valence-corrected chi connectivity index (χ4v) is 4.40. The molecule has 5 N–H and O–H groups in total. The summed E-state index contributed by atoms with van der Waals surface area (Å²) in [5.41, 5.74) is 1.63. The third-order valence-electron chi connectivity index (χ3n) is 6.47. The molecule has 2 aromatic rings. The van der Waals surface area contributed by atoms with E-state index in [1.165, 1.54) is 6.26 Å². The molecular formula is C27H40O11. The van der Waals surface area contributed by atoms with Crippen LogP contribution in [0.2, 0.25) is 0 Å². The highest BCUT2D eigenvalue weighted by Crippen LogP contribution is 2.43. The number of hydrogen-bond acceptors (Lipinski definition) is 11. The normalized spacial score (nSPS) is 23.7. The third-order valence-corrected chi connectivity index (χ3v) is 6.47. The van der Waals surface area contributed by atoms with Crippen molar-refractivity contribution < 1.29 is 53.7 Å². The number of ether oxygens (including phenoxy) is 4. The van der Waals surface area contributed by atoms with Crippen LogP contribution in [0.4, 0.5) is 0 Å². The van der Waals surface area contributed by atoms with Gasteiger partial charge in [-0.05, 0) is 50.2 Å². The van der Waals surface area contributed by atoms with E-state index < -0.39 is 43.3 Å². The van der Waals surface area contributed by atoms with Crippen LogP contribution in [0.3, 0.4) is 0 Å². The first-order valence-electron chi connectivity index (χ1n) is 13.1. The molecule has 1 aliphatic heterocycles. The highest BCUT2D eigenvalue weighted by molar-refractivity contribution is 5.90. The summed E-state index contributed by atoms with van der Waals surface area (Å²) in [5, 5.41) is 50.8. The second kappa shape index (κ2) is 14.1. The average Bonchev–Trinajstić information content (AvgIpc) is 3.28. The molecule has 0 bridgehead atoms. The molecule has 38 heavy (non-hydrogen) atoms. The van der Waals surface area contributed by atoms with Gasteiger partial charge in [0.25, 0.3) is 0 Å². The van der Waals surface area contributed by atoms with Gasteiger partial charge in [-0.25, -0.2) is 0 Å². The van der Waals surface area contributed by atoms with Crippen LogP contribution in [0.15, 0.2) is 16.7 Å². The lowest BCUT2D eigenvalue weighted by atomic mass is 9.99. The van der Waals surface area contributed by atoms with E-state index in [0.717, 1.165) is 18.4 Å². The highest BCUT2D eigenvalue weighted by atomic mass is 16.7. The van der Waals surface area contributed by atoms with E-state index >= 15 is 0 Å². The van der Waals surface area contributed by atoms with Crippen molar-refractivity contribution in [3.63, 3.8) is 0 Å². The largest absolute Gasteiger partial charge is 0.486 e. The van der Waals surface area contributed by atoms with Crippen molar-refractivity contribution in [3.8, 4) is 11.5 Å². The van der Waals surface area contributed by atoms with Crippen molar-refractivity contribution >= 4 is 16.9 Å². The van der Waals surface area contributed by atoms with E-state index in [2.05, 4.69) is 13.8 Å². The van der Waals surface area contributed by atoms with Gasteiger partial charge in [-0.2, -0.15) is 0 Å². The first-order chi connectivity index (χ1) is 18.2. The molecule has 1 aromatic carbocycles. The number of hydrogen-bond donors (Lipinski definition) is 5. The molecule has 2 heterocycles. The number of aryl methyl sites for hydroxylation is 1. The summed E-state index contributed by atoms with van der Waals surface area (Å²) in [7, 11) is 0. The molecule has 1 aromatic heterocycles. The van der Waals surface area contributed by atoms with Gasteiger partial charge in [-0.3, -0.25) is 4.79 Å². The first-order valence-corrected chi connectivity index (χ1v) is 13.1. The summed E-state index contributed by atoms with van der Waals surface area (Å²) >= 11 is 0. The molecular weight excluding hydrogens is 500 g/mol. The van der Waals surface area contributed by atoms with Crippen LogP contribution in [-0.2, 0) is 27.1 Å². The van der Waals surface area contributed by atoms with Gasteiger partial charge in [0.05, 0.1) is 26.1 Å². The number of carbonyl (C=O) groups excluding carboxylic acids is 1. The van der Waals surface area contributed by atoms with Crippen LogP contribution in [0.25, 0.3) is 11.0 Å². The molecule has 11 nitrogen and oxygen atoms in total. The number of carbonyl (C=O) groups is 1. The second-order valence-corrected chi connectivity index (χ2v) is 9.81. The number of rotatable bonds is 14. The molecule has 0 aliphatic carbocycles. The summed E-state index contributed by atoms with van der Waals surface area (Å²) in [6.07, 6.45) is -3.70. The van der Waals surface area contributed by atoms with Gasteiger partial charge >= 0.3 is 5.97 Å². The van der Waals surface area contributed by atoms with E-state index in [9.17, 15) is 30.3 Å². The molecule has 0 radical (unpaired) electrons. The third kappa shape index (κ3) is 7.16. The van der Waals surface area contributed by atoms with E-state index in [4.69, 9.17) is 23.4 Å². The quantitative estimate of drug-likeness (QED) is 0.174. The van der Waals surface area contributed by atoms with Crippen LogP contribution in [-0.4, -0.2) is 88.6 Å². The van der Waals surface area contributed by atoms with Gasteiger partial charge in [0.15, 0.2) is 11.3 Å². The topological polar surface area (TPSA) is 168 Å². The predicted octanol–water partition coefficient (Wildman–Crippen LogP) is 1.46. The maximum atomic E-state index is 12.2. The summed E-state index contributed by atoms with van der Waals surface area (Å²) in [6, 6.07) is 1.77. The Morgan fingerprint density at radius 3 is 2.47 bits per heavy atom. The Hall–Kier alpha value is -2.41. The fourth-order valence-electron chi connectivity index (χ4n) is 4.40. The smallest absolute Gasteiger partial charge is 0.306 e. The lowest BCUT2D eigenvalue weighted by molar-refractivity contribution is -0.277. The van der Waals surface area contributed by atoms with E-state index in [1.54, 1.807) is 13.0 Å².